The molecule has 0 spiro atoms. The first-order valence-electron chi connectivity index (χ1n) is 5.49. The average Bonchev–Trinajstić information content (AvgIpc) is 2.57. The number of rotatable bonds is 3. The topological polar surface area (TPSA) is 34.1 Å². The van der Waals surface area contributed by atoms with E-state index in [1.54, 1.807) is 6.07 Å². The van der Waals surface area contributed by atoms with Crippen LogP contribution in [0.3, 0.4) is 0 Å². The van der Waals surface area contributed by atoms with Crippen molar-refractivity contribution >= 4 is 0 Å². The third-order valence-corrected chi connectivity index (χ3v) is 3.02. The van der Waals surface area contributed by atoms with Crippen LogP contribution in [-0.2, 0) is 11.3 Å². The summed E-state index contributed by atoms with van der Waals surface area (Å²) < 4.78 is 18.1. The van der Waals surface area contributed by atoms with Crippen molar-refractivity contribution in [3.8, 4) is 0 Å². The fourth-order valence-electron chi connectivity index (χ4n) is 1.84. The first-order valence-corrected chi connectivity index (χ1v) is 5.49. The highest BCUT2D eigenvalue weighted by atomic mass is 19.1. The van der Waals surface area contributed by atoms with Gasteiger partial charge >= 0.3 is 0 Å². The van der Waals surface area contributed by atoms with Crippen molar-refractivity contribution in [3.63, 3.8) is 0 Å². The Morgan fingerprint density at radius 2 is 2.38 bits per heavy atom. The largest absolute Gasteiger partial charge is 0.379 e. The number of hydrogen-bond donors (Lipinski definition) is 1. The molecule has 1 aromatic heterocycles. The van der Waals surface area contributed by atoms with Crippen LogP contribution in [0.4, 0.5) is 4.39 Å². The van der Waals surface area contributed by atoms with Crippen molar-refractivity contribution in [2.24, 2.45) is 5.41 Å². The van der Waals surface area contributed by atoms with Crippen molar-refractivity contribution in [1.82, 2.24) is 10.3 Å². The van der Waals surface area contributed by atoms with Gasteiger partial charge in [0.15, 0.2) is 0 Å². The van der Waals surface area contributed by atoms with Crippen LogP contribution in [0.25, 0.3) is 0 Å². The van der Waals surface area contributed by atoms with Crippen LogP contribution in [-0.4, -0.2) is 24.2 Å². The molecule has 0 bridgehead atoms. The minimum absolute atomic E-state index is 0.153. The van der Waals surface area contributed by atoms with Gasteiger partial charge in [-0.1, -0.05) is 13.8 Å². The predicted octanol–water partition coefficient (Wildman–Crippen LogP) is 1.74. The molecule has 1 aliphatic heterocycles. The van der Waals surface area contributed by atoms with Crippen LogP contribution in [0.5, 0.6) is 0 Å². The molecule has 0 aromatic carbocycles. The fourth-order valence-corrected chi connectivity index (χ4v) is 1.84. The number of nitrogens with zero attached hydrogens (tertiary/aromatic N) is 1. The predicted molar refractivity (Wildman–Crippen MR) is 59.4 cm³/mol. The van der Waals surface area contributed by atoms with E-state index >= 15 is 0 Å². The van der Waals surface area contributed by atoms with Crippen molar-refractivity contribution in [2.75, 3.05) is 13.2 Å². The van der Waals surface area contributed by atoms with E-state index in [-0.39, 0.29) is 11.2 Å². The van der Waals surface area contributed by atoms with E-state index in [1.807, 2.05) is 0 Å². The summed E-state index contributed by atoms with van der Waals surface area (Å²) in [5.74, 6) is -0.298. The Bertz CT molecular complexity index is 351. The summed E-state index contributed by atoms with van der Waals surface area (Å²) in [6, 6.07) is 3.46. The van der Waals surface area contributed by atoms with E-state index in [4.69, 9.17) is 4.74 Å². The lowest BCUT2D eigenvalue weighted by Gasteiger charge is -2.25. The van der Waals surface area contributed by atoms with Gasteiger partial charge in [0.1, 0.15) is 5.82 Å². The SMILES string of the molecule is CC1(C)COC[C@H]1NCc1ccc(F)cn1. The summed E-state index contributed by atoms with van der Waals surface area (Å²) in [4.78, 5) is 4.01. The molecule has 2 heterocycles. The zero-order chi connectivity index (χ0) is 11.6. The van der Waals surface area contributed by atoms with E-state index < -0.39 is 0 Å². The normalized spacial score (nSPS) is 23.6. The third-order valence-electron chi connectivity index (χ3n) is 3.02. The van der Waals surface area contributed by atoms with Crippen LogP contribution in [0.1, 0.15) is 19.5 Å². The molecule has 0 aliphatic carbocycles. The summed E-state index contributed by atoms with van der Waals surface area (Å²) in [5.41, 5.74) is 1.00. The molecular formula is C12H17FN2O. The minimum atomic E-state index is -0.298. The van der Waals surface area contributed by atoms with Gasteiger partial charge in [0.25, 0.3) is 0 Å². The first kappa shape index (κ1) is 11.5. The maximum Gasteiger partial charge on any atom is 0.141 e. The molecule has 3 nitrogen and oxygen atoms in total. The van der Waals surface area contributed by atoms with Gasteiger partial charge in [-0.2, -0.15) is 0 Å². The molecule has 16 heavy (non-hydrogen) atoms. The molecule has 4 heteroatoms. The zero-order valence-corrected chi connectivity index (χ0v) is 9.66. The van der Waals surface area contributed by atoms with Gasteiger partial charge in [0.05, 0.1) is 25.1 Å². The van der Waals surface area contributed by atoms with E-state index in [9.17, 15) is 4.39 Å². The monoisotopic (exact) mass is 224 g/mol. The van der Waals surface area contributed by atoms with Gasteiger partial charge in [-0.05, 0) is 12.1 Å². The maximum absolute atomic E-state index is 12.6. The van der Waals surface area contributed by atoms with Gasteiger partial charge in [-0.25, -0.2) is 4.39 Å². The highest BCUT2D eigenvalue weighted by Crippen LogP contribution is 2.27. The van der Waals surface area contributed by atoms with Gasteiger partial charge < -0.3 is 10.1 Å². The summed E-state index contributed by atoms with van der Waals surface area (Å²) >= 11 is 0. The third kappa shape index (κ3) is 2.57. The molecule has 2 rings (SSSR count). The number of halogens is 1. The summed E-state index contributed by atoms with van der Waals surface area (Å²) in [6.45, 7) is 6.51. The maximum atomic E-state index is 12.6. The molecule has 1 saturated heterocycles. The molecule has 0 saturated carbocycles. The molecule has 88 valence electrons. The van der Waals surface area contributed by atoms with Gasteiger partial charge in [0.2, 0.25) is 0 Å². The van der Waals surface area contributed by atoms with Crippen LogP contribution < -0.4 is 5.32 Å². The van der Waals surface area contributed by atoms with E-state index in [1.165, 1.54) is 12.3 Å². The molecule has 1 N–H and O–H groups in total. The van der Waals surface area contributed by atoms with Crippen LogP contribution >= 0.6 is 0 Å². The number of aromatic nitrogens is 1. The number of hydrogen-bond acceptors (Lipinski definition) is 3. The first-order chi connectivity index (χ1) is 7.58. The van der Waals surface area contributed by atoms with Crippen molar-refractivity contribution in [1.29, 1.82) is 0 Å². The molecule has 1 atom stereocenters. The van der Waals surface area contributed by atoms with Gasteiger partial charge in [-0.15, -0.1) is 0 Å². The fraction of sp³-hybridized carbons (Fsp3) is 0.583. The smallest absolute Gasteiger partial charge is 0.141 e. The highest BCUT2D eigenvalue weighted by Gasteiger charge is 2.35. The second kappa shape index (κ2) is 4.47. The van der Waals surface area contributed by atoms with E-state index in [0.29, 0.717) is 12.6 Å². The minimum Gasteiger partial charge on any atom is -0.379 e. The van der Waals surface area contributed by atoms with Crippen LogP contribution in [0.15, 0.2) is 18.3 Å². The van der Waals surface area contributed by atoms with E-state index in [0.717, 1.165) is 18.9 Å². The Balaban J connectivity index is 1.90. The van der Waals surface area contributed by atoms with Crippen LogP contribution in [0.2, 0.25) is 0 Å². The molecule has 0 unspecified atom stereocenters. The standard InChI is InChI=1S/C12H17FN2O/c1-12(2)8-16-7-11(12)15-6-10-4-3-9(13)5-14-10/h3-5,11,15H,6-8H2,1-2H3/t11-/m1/s1. The Morgan fingerprint density at radius 3 is 2.94 bits per heavy atom. The van der Waals surface area contributed by atoms with Crippen molar-refractivity contribution < 1.29 is 9.13 Å². The molecule has 1 aliphatic rings. The lowest BCUT2D eigenvalue weighted by molar-refractivity contribution is 0.166. The quantitative estimate of drug-likeness (QED) is 0.849. The molecule has 0 amide bonds. The van der Waals surface area contributed by atoms with Gasteiger partial charge in [0, 0.05) is 18.0 Å². The van der Waals surface area contributed by atoms with E-state index in [2.05, 4.69) is 24.1 Å². The Kier molecular flexibility index (Phi) is 3.21. The van der Waals surface area contributed by atoms with Gasteiger partial charge in [-0.3, -0.25) is 4.98 Å². The molecular weight excluding hydrogens is 207 g/mol. The molecule has 1 fully saturated rings. The zero-order valence-electron chi connectivity index (χ0n) is 9.66. The average molecular weight is 224 g/mol. The number of nitrogens with one attached hydrogen (secondary N) is 1. The highest BCUT2D eigenvalue weighted by molar-refractivity contribution is 5.05. The summed E-state index contributed by atoms with van der Waals surface area (Å²) in [7, 11) is 0. The second-order valence-electron chi connectivity index (χ2n) is 4.90. The summed E-state index contributed by atoms with van der Waals surface area (Å²) in [5, 5.41) is 3.40. The Morgan fingerprint density at radius 1 is 1.56 bits per heavy atom. The lowest BCUT2D eigenvalue weighted by atomic mass is 9.88. The van der Waals surface area contributed by atoms with Crippen molar-refractivity contribution in [3.05, 3.63) is 29.8 Å². The number of ether oxygens (including phenoxy) is 1. The van der Waals surface area contributed by atoms with Crippen LogP contribution in [0, 0.1) is 11.2 Å². The Labute approximate surface area is 95.0 Å². The summed E-state index contributed by atoms with van der Waals surface area (Å²) in [6.07, 6.45) is 1.24. The number of pyridine rings is 1. The lowest BCUT2D eigenvalue weighted by Crippen LogP contribution is -2.40. The molecule has 0 radical (unpaired) electrons. The molecule has 1 aromatic rings. The van der Waals surface area contributed by atoms with Crippen molar-refractivity contribution in [2.45, 2.75) is 26.4 Å². The Hall–Kier alpha value is -1.00. The second-order valence-corrected chi connectivity index (χ2v) is 4.90.